The normalized spacial score (nSPS) is 16.2. The number of pyridine rings is 1. The maximum absolute atomic E-state index is 13.2. The van der Waals surface area contributed by atoms with E-state index >= 15 is 0 Å². The number of amides is 1. The van der Waals surface area contributed by atoms with E-state index in [-0.39, 0.29) is 22.7 Å². The number of esters is 1. The number of nitrogens with zero attached hydrogens (tertiary/aromatic N) is 1. The lowest BCUT2D eigenvalue weighted by Gasteiger charge is -2.25. The lowest BCUT2D eigenvalue weighted by molar-refractivity contribution is -0.151. The van der Waals surface area contributed by atoms with Crippen LogP contribution in [0.5, 0.6) is 11.5 Å². The summed E-state index contributed by atoms with van der Waals surface area (Å²) in [4.78, 5) is 29.2. The molecule has 0 radical (unpaired) electrons. The van der Waals surface area contributed by atoms with E-state index < -0.39 is 24.0 Å². The molecule has 0 aliphatic heterocycles. The van der Waals surface area contributed by atoms with E-state index in [0.29, 0.717) is 5.75 Å². The lowest BCUT2D eigenvalue weighted by Crippen LogP contribution is -2.42. The summed E-state index contributed by atoms with van der Waals surface area (Å²) in [5.41, 5.74) is 0.630. The van der Waals surface area contributed by atoms with Gasteiger partial charge in [0.2, 0.25) is 0 Å². The highest BCUT2D eigenvalue weighted by Crippen LogP contribution is 2.52. The molecule has 3 rings (SSSR count). The third kappa shape index (κ3) is 4.22. The molecule has 7 nitrogen and oxygen atoms in total. The molecule has 1 heterocycles. The number of halogens is 1. The zero-order chi connectivity index (χ0) is 21.9. The van der Waals surface area contributed by atoms with Gasteiger partial charge in [0.15, 0.2) is 17.2 Å². The van der Waals surface area contributed by atoms with Crippen LogP contribution in [0, 0.1) is 5.82 Å². The van der Waals surface area contributed by atoms with E-state index in [1.54, 1.807) is 18.2 Å². The van der Waals surface area contributed by atoms with Crippen LogP contribution in [0.15, 0.2) is 36.5 Å². The van der Waals surface area contributed by atoms with Gasteiger partial charge in [0, 0.05) is 17.7 Å². The Hall–Kier alpha value is -3.16. The highest BCUT2D eigenvalue weighted by atomic mass is 19.1. The third-order valence-electron chi connectivity index (χ3n) is 5.49. The zero-order valence-electron chi connectivity index (χ0n) is 17.4. The number of hydrogen-bond acceptors (Lipinski definition) is 6. The second-order valence-electron chi connectivity index (χ2n) is 7.33. The van der Waals surface area contributed by atoms with Crippen molar-refractivity contribution in [3.63, 3.8) is 0 Å². The predicted octanol–water partition coefficient (Wildman–Crippen LogP) is 3.02. The van der Waals surface area contributed by atoms with Gasteiger partial charge >= 0.3 is 5.97 Å². The van der Waals surface area contributed by atoms with Gasteiger partial charge in [0.25, 0.3) is 5.91 Å². The number of hydrogen-bond donors (Lipinski definition) is 1. The van der Waals surface area contributed by atoms with Crippen LogP contribution < -0.4 is 14.8 Å². The van der Waals surface area contributed by atoms with Crippen molar-refractivity contribution >= 4 is 11.9 Å². The fraction of sp³-hybridized carbons (Fsp3) is 0.409. The quantitative estimate of drug-likeness (QED) is 0.666. The number of carbonyl (C=O) groups is 2. The van der Waals surface area contributed by atoms with E-state index in [2.05, 4.69) is 10.3 Å². The molecule has 1 fully saturated rings. The highest BCUT2D eigenvalue weighted by molar-refractivity contribution is 5.98. The first-order chi connectivity index (χ1) is 14.3. The molecule has 2 aromatic rings. The monoisotopic (exact) mass is 416 g/mol. The van der Waals surface area contributed by atoms with Crippen LogP contribution in [-0.4, -0.2) is 43.2 Å². The van der Waals surface area contributed by atoms with Crippen molar-refractivity contribution in [2.45, 2.75) is 44.2 Å². The lowest BCUT2D eigenvalue weighted by atomic mass is 9.90. The van der Waals surface area contributed by atoms with Crippen molar-refractivity contribution in [3.05, 3.63) is 53.6 Å². The summed E-state index contributed by atoms with van der Waals surface area (Å²) < 4.78 is 29.2. The summed E-state index contributed by atoms with van der Waals surface area (Å²) in [6.07, 6.45) is 2.69. The van der Waals surface area contributed by atoms with E-state index in [1.165, 1.54) is 39.5 Å². The molecule has 160 valence electrons. The molecule has 1 aromatic heterocycles. The molecule has 0 spiro atoms. The minimum atomic E-state index is -0.901. The summed E-state index contributed by atoms with van der Waals surface area (Å²) in [6.45, 7) is 3.35. The number of ether oxygens (including phenoxy) is 3. The molecule has 30 heavy (non-hydrogen) atoms. The number of nitrogens with one attached hydrogen (secondary N) is 1. The first-order valence-electron chi connectivity index (χ1n) is 9.66. The largest absolute Gasteiger partial charge is 0.493 e. The van der Waals surface area contributed by atoms with Gasteiger partial charge in [-0.25, -0.2) is 14.2 Å². The minimum Gasteiger partial charge on any atom is -0.493 e. The Labute approximate surface area is 174 Å². The minimum absolute atomic E-state index is 0.00882. The third-order valence-corrected chi connectivity index (χ3v) is 5.49. The van der Waals surface area contributed by atoms with Crippen LogP contribution in [0.3, 0.4) is 0 Å². The fourth-order valence-corrected chi connectivity index (χ4v) is 3.51. The number of methoxy groups -OCH3 is 2. The van der Waals surface area contributed by atoms with Crippen molar-refractivity contribution < 1.29 is 28.2 Å². The molecular formula is C22H25FN2O5. The molecule has 1 unspecified atom stereocenters. The Kier molecular flexibility index (Phi) is 6.24. The zero-order valence-corrected chi connectivity index (χ0v) is 17.4. The molecule has 1 aromatic carbocycles. The van der Waals surface area contributed by atoms with E-state index in [0.717, 1.165) is 18.4 Å². The number of benzene rings is 1. The standard InChI is InChI=1S/C22H25FN2O5/c1-13(25-20(26)18-19(29-4)17(28-3)9-12-24-18)21(27)30-14(2)22(10-11-22)15-5-7-16(23)8-6-15/h5-9,12-14H,10-11H2,1-4H3,(H,25,26)/t13-,14?/m0/s1. The Morgan fingerprint density at radius 1 is 1.10 bits per heavy atom. The van der Waals surface area contributed by atoms with Crippen molar-refractivity contribution in [1.82, 2.24) is 10.3 Å². The topological polar surface area (TPSA) is 86.8 Å². The van der Waals surface area contributed by atoms with Crippen LogP contribution in [0.2, 0.25) is 0 Å². The molecule has 1 aliphatic rings. The Balaban J connectivity index is 1.65. The summed E-state index contributed by atoms with van der Waals surface area (Å²) in [5, 5.41) is 2.59. The van der Waals surface area contributed by atoms with Crippen molar-refractivity contribution in [2.24, 2.45) is 0 Å². The maximum atomic E-state index is 13.2. The number of carbonyl (C=O) groups excluding carboxylic acids is 2. The second-order valence-corrected chi connectivity index (χ2v) is 7.33. The van der Waals surface area contributed by atoms with Crippen LogP contribution in [0.25, 0.3) is 0 Å². The molecule has 1 amide bonds. The Morgan fingerprint density at radius 2 is 1.77 bits per heavy atom. The highest BCUT2D eigenvalue weighted by Gasteiger charge is 2.51. The van der Waals surface area contributed by atoms with Gasteiger partial charge in [0.1, 0.15) is 18.0 Å². The van der Waals surface area contributed by atoms with Crippen LogP contribution >= 0.6 is 0 Å². The fourth-order valence-electron chi connectivity index (χ4n) is 3.51. The summed E-state index contributed by atoms with van der Waals surface area (Å²) >= 11 is 0. The molecular weight excluding hydrogens is 391 g/mol. The number of rotatable bonds is 8. The van der Waals surface area contributed by atoms with E-state index in [1.807, 2.05) is 6.92 Å². The van der Waals surface area contributed by atoms with Crippen LogP contribution in [0.1, 0.15) is 42.7 Å². The van der Waals surface area contributed by atoms with Gasteiger partial charge in [-0.1, -0.05) is 12.1 Å². The van der Waals surface area contributed by atoms with Crippen molar-refractivity contribution in [1.29, 1.82) is 0 Å². The van der Waals surface area contributed by atoms with Gasteiger partial charge in [0.05, 0.1) is 14.2 Å². The van der Waals surface area contributed by atoms with Gasteiger partial charge in [-0.05, 0) is 44.4 Å². The molecule has 1 saturated carbocycles. The van der Waals surface area contributed by atoms with Gasteiger partial charge < -0.3 is 19.5 Å². The maximum Gasteiger partial charge on any atom is 0.328 e. The average molecular weight is 416 g/mol. The molecule has 1 aliphatic carbocycles. The predicted molar refractivity (Wildman–Crippen MR) is 107 cm³/mol. The van der Waals surface area contributed by atoms with E-state index in [9.17, 15) is 14.0 Å². The second kappa shape index (κ2) is 8.69. The van der Waals surface area contributed by atoms with Gasteiger partial charge in [-0.2, -0.15) is 0 Å². The first kappa shape index (κ1) is 21.5. The summed E-state index contributed by atoms with van der Waals surface area (Å²) in [5.74, 6) is -0.915. The average Bonchev–Trinajstić information content (AvgIpc) is 3.55. The Morgan fingerprint density at radius 3 is 2.33 bits per heavy atom. The van der Waals surface area contributed by atoms with Crippen LogP contribution in [-0.2, 0) is 14.9 Å². The first-order valence-corrected chi connectivity index (χ1v) is 9.66. The van der Waals surface area contributed by atoms with Crippen molar-refractivity contribution in [2.75, 3.05) is 14.2 Å². The smallest absolute Gasteiger partial charge is 0.328 e. The summed E-state index contributed by atoms with van der Waals surface area (Å²) in [6, 6.07) is 6.92. The molecule has 0 saturated heterocycles. The molecule has 8 heteroatoms. The molecule has 2 atom stereocenters. The van der Waals surface area contributed by atoms with Gasteiger partial charge in [-0.3, -0.25) is 4.79 Å². The molecule has 1 N–H and O–H groups in total. The SMILES string of the molecule is COc1ccnc(C(=O)N[C@@H](C)C(=O)OC(C)C2(c3ccc(F)cc3)CC2)c1OC. The Bertz CT molecular complexity index is 928. The summed E-state index contributed by atoms with van der Waals surface area (Å²) in [7, 11) is 2.86. The molecule has 0 bridgehead atoms. The van der Waals surface area contributed by atoms with Crippen molar-refractivity contribution in [3.8, 4) is 11.5 Å². The van der Waals surface area contributed by atoms with Gasteiger partial charge in [-0.15, -0.1) is 0 Å². The van der Waals surface area contributed by atoms with E-state index in [4.69, 9.17) is 14.2 Å². The van der Waals surface area contributed by atoms with Crippen LogP contribution in [0.4, 0.5) is 4.39 Å². The number of aromatic nitrogens is 1.